The van der Waals surface area contributed by atoms with Crippen molar-refractivity contribution in [2.45, 2.75) is 51.7 Å². The first-order valence-electron chi connectivity index (χ1n) is 7.61. The minimum Gasteiger partial charge on any atom is -0.481 e. The third-order valence-electron chi connectivity index (χ3n) is 3.22. The normalized spacial score (nSPS) is 11.2. The lowest BCUT2D eigenvalue weighted by Gasteiger charge is -2.20. The summed E-state index contributed by atoms with van der Waals surface area (Å²) >= 11 is 1.25. The molecule has 1 aromatic heterocycles. The maximum Gasteiger partial charge on any atom is 0.313 e. The number of carbonyl (C=O) groups is 1. The number of carboxylic acids is 1. The predicted octanol–water partition coefficient (Wildman–Crippen LogP) is 2.14. The Hall–Kier alpha value is -1.08. The van der Waals surface area contributed by atoms with Gasteiger partial charge in [0.05, 0.1) is 5.75 Å². The van der Waals surface area contributed by atoms with Gasteiger partial charge in [-0.1, -0.05) is 32.5 Å². The van der Waals surface area contributed by atoms with Crippen LogP contribution in [0.25, 0.3) is 0 Å². The van der Waals surface area contributed by atoms with E-state index >= 15 is 0 Å². The fraction of sp³-hybridized carbons (Fsp3) is 0.786. The summed E-state index contributed by atoms with van der Waals surface area (Å²) < 4.78 is 2.08. The number of aryl methyl sites for hydroxylation is 1. The lowest BCUT2D eigenvalue weighted by atomic mass is 10.3. The van der Waals surface area contributed by atoms with E-state index in [2.05, 4.69) is 40.4 Å². The minimum absolute atomic E-state index is 0.0245. The number of likely N-dealkylation sites (N-methyl/N-ethyl adjacent to an activating group) is 1. The first-order valence-corrected chi connectivity index (χ1v) is 8.59. The van der Waals surface area contributed by atoms with Crippen molar-refractivity contribution in [1.29, 1.82) is 0 Å². The van der Waals surface area contributed by atoms with Crippen molar-refractivity contribution in [1.82, 2.24) is 19.7 Å². The van der Waals surface area contributed by atoms with E-state index in [1.807, 2.05) is 0 Å². The zero-order valence-electron chi connectivity index (χ0n) is 13.2. The van der Waals surface area contributed by atoms with Gasteiger partial charge in [0.25, 0.3) is 0 Å². The average Bonchev–Trinajstić information content (AvgIpc) is 2.84. The molecular weight excluding hydrogens is 288 g/mol. The molecule has 0 unspecified atom stereocenters. The van der Waals surface area contributed by atoms with Crippen LogP contribution in [0.2, 0.25) is 0 Å². The van der Waals surface area contributed by atoms with Crippen LogP contribution >= 0.6 is 11.8 Å². The Balaban J connectivity index is 2.74. The van der Waals surface area contributed by atoms with Crippen LogP contribution < -0.4 is 0 Å². The van der Waals surface area contributed by atoms with Crippen molar-refractivity contribution in [2.75, 3.05) is 25.4 Å². The molecule has 1 aromatic rings. The van der Waals surface area contributed by atoms with E-state index in [9.17, 15) is 4.79 Å². The molecule has 0 saturated carbocycles. The summed E-state index contributed by atoms with van der Waals surface area (Å²) in [6, 6.07) is 0. The molecule has 0 radical (unpaired) electrons. The Bertz CT molecular complexity index is 437. The first kappa shape index (κ1) is 18.0. The number of carboxylic acid groups (broad SMARTS) is 1. The van der Waals surface area contributed by atoms with Gasteiger partial charge in [-0.05, 0) is 25.9 Å². The fourth-order valence-corrected chi connectivity index (χ4v) is 2.87. The van der Waals surface area contributed by atoms with E-state index in [-0.39, 0.29) is 5.75 Å². The Kier molecular flexibility index (Phi) is 8.37. The summed E-state index contributed by atoms with van der Waals surface area (Å²) in [5.74, 6) is 0.155. The molecule has 1 heterocycles. The number of aliphatic carboxylic acids is 1. The highest BCUT2D eigenvalue weighted by molar-refractivity contribution is 7.99. The van der Waals surface area contributed by atoms with Crippen LogP contribution in [0.1, 0.15) is 39.4 Å². The molecule has 7 heteroatoms. The van der Waals surface area contributed by atoms with Gasteiger partial charge in [-0.3, -0.25) is 4.79 Å². The van der Waals surface area contributed by atoms with Crippen molar-refractivity contribution in [3.8, 4) is 0 Å². The van der Waals surface area contributed by atoms with E-state index in [0.29, 0.717) is 5.16 Å². The molecule has 1 rings (SSSR count). The molecule has 120 valence electrons. The lowest BCUT2D eigenvalue weighted by molar-refractivity contribution is -0.133. The van der Waals surface area contributed by atoms with Crippen LogP contribution in [-0.2, 0) is 17.8 Å². The van der Waals surface area contributed by atoms with Crippen LogP contribution in [0, 0.1) is 0 Å². The molecule has 0 atom stereocenters. The maximum absolute atomic E-state index is 10.7. The molecule has 0 aromatic carbocycles. The van der Waals surface area contributed by atoms with Gasteiger partial charge in [0.1, 0.15) is 5.82 Å². The van der Waals surface area contributed by atoms with E-state index in [0.717, 1.165) is 51.3 Å². The van der Waals surface area contributed by atoms with Gasteiger partial charge in [0.2, 0.25) is 0 Å². The Morgan fingerprint density at radius 2 is 2.00 bits per heavy atom. The van der Waals surface area contributed by atoms with E-state index in [4.69, 9.17) is 5.11 Å². The van der Waals surface area contributed by atoms with Crippen LogP contribution in [0.15, 0.2) is 5.16 Å². The molecular formula is C14H26N4O2S. The topological polar surface area (TPSA) is 71.2 Å². The minimum atomic E-state index is -0.826. The van der Waals surface area contributed by atoms with Gasteiger partial charge in [-0.25, -0.2) is 0 Å². The summed E-state index contributed by atoms with van der Waals surface area (Å²) in [6.45, 7) is 10.3. The third-order valence-corrected chi connectivity index (χ3v) is 4.17. The monoisotopic (exact) mass is 314 g/mol. The van der Waals surface area contributed by atoms with Gasteiger partial charge in [0.15, 0.2) is 5.16 Å². The van der Waals surface area contributed by atoms with E-state index in [1.54, 1.807) is 0 Å². The smallest absolute Gasteiger partial charge is 0.313 e. The summed E-state index contributed by atoms with van der Waals surface area (Å²) in [7, 11) is 0. The number of rotatable bonds is 11. The molecule has 0 amide bonds. The number of thioether (sulfide) groups is 1. The number of aromatic nitrogens is 3. The number of hydrogen-bond donors (Lipinski definition) is 1. The molecule has 6 nitrogen and oxygen atoms in total. The first-order chi connectivity index (χ1) is 10.1. The summed E-state index contributed by atoms with van der Waals surface area (Å²) in [6.07, 6.45) is 3.02. The van der Waals surface area contributed by atoms with Crippen molar-refractivity contribution in [2.24, 2.45) is 0 Å². The van der Waals surface area contributed by atoms with E-state index < -0.39 is 5.97 Å². The van der Waals surface area contributed by atoms with Crippen LogP contribution in [0.3, 0.4) is 0 Å². The average molecular weight is 314 g/mol. The van der Waals surface area contributed by atoms with Crippen molar-refractivity contribution in [3.05, 3.63) is 5.82 Å². The summed E-state index contributed by atoms with van der Waals surface area (Å²) in [5, 5.41) is 17.9. The van der Waals surface area contributed by atoms with Crippen molar-refractivity contribution >= 4 is 17.7 Å². The summed E-state index contributed by atoms with van der Waals surface area (Å²) in [4.78, 5) is 13.1. The van der Waals surface area contributed by atoms with Gasteiger partial charge in [-0.2, -0.15) is 0 Å². The zero-order valence-corrected chi connectivity index (χ0v) is 14.0. The van der Waals surface area contributed by atoms with Gasteiger partial charge in [0, 0.05) is 19.5 Å². The summed E-state index contributed by atoms with van der Waals surface area (Å²) in [5.41, 5.74) is 0. The highest BCUT2D eigenvalue weighted by Crippen LogP contribution is 2.17. The fourth-order valence-electron chi connectivity index (χ4n) is 2.17. The van der Waals surface area contributed by atoms with Gasteiger partial charge < -0.3 is 14.6 Å². The second-order valence-corrected chi connectivity index (χ2v) is 5.86. The molecule has 0 aliphatic carbocycles. The Morgan fingerprint density at radius 1 is 1.24 bits per heavy atom. The SMILES string of the molecule is CCCc1nnc(SCC(=O)O)n1CCN(CC)CCC. The number of hydrogen-bond acceptors (Lipinski definition) is 5. The van der Waals surface area contributed by atoms with Crippen molar-refractivity contribution in [3.63, 3.8) is 0 Å². The van der Waals surface area contributed by atoms with Crippen molar-refractivity contribution < 1.29 is 9.90 Å². The van der Waals surface area contributed by atoms with Crippen LogP contribution in [0.4, 0.5) is 0 Å². The Labute approximate surface area is 130 Å². The molecule has 0 saturated heterocycles. The lowest BCUT2D eigenvalue weighted by Crippen LogP contribution is -2.28. The molecule has 1 N–H and O–H groups in total. The highest BCUT2D eigenvalue weighted by Gasteiger charge is 2.14. The van der Waals surface area contributed by atoms with E-state index in [1.165, 1.54) is 11.8 Å². The maximum atomic E-state index is 10.7. The second kappa shape index (κ2) is 9.78. The Morgan fingerprint density at radius 3 is 2.57 bits per heavy atom. The molecule has 0 fully saturated rings. The molecule has 21 heavy (non-hydrogen) atoms. The number of nitrogens with zero attached hydrogens (tertiary/aromatic N) is 4. The zero-order chi connectivity index (χ0) is 15.7. The van der Waals surface area contributed by atoms with Crippen LogP contribution in [0.5, 0.6) is 0 Å². The predicted molar refractivity (Wildman–Crippen MR) is 84.8 cm³/mol. The largest absolute Gasteiger partial charge is 0.481 e. The van der Waals surface area contributed by atoms with Gasteiger partial charge >= 0.3 is 5.97 Å². The second-order valence-electron chi connectivity index (χ2n) is 4.92. The molecule has 0 bridgehead atoms. The van der Waals surface area contributed by atoms with Crippen LogP contribution in [-0.4, -0.2) is 56.1 Å². The quantitative estimate of drug-likeness (QED) is 0.631. The molecule has 0 aliphatic rings. The molecule has 0 aliphatic heterocycles. The highest BCUT2D eigenvalue weighted by atomic mass is 32.2. The van der Waals surface area contributed by atoms with Gasteiger partial charge in [-0.15, -0.1) is 10.2 Å². The third kappa shape index (κ3) is 6.05. The molecule has 0 spiro atoms. The standard InChI is InChI=1S/C14H26N4O2S/c1-4-7-12-15-16-14(21-11-13(19)20)18(12)10-9-17(6-3)8-5-2/h4-11H2,1-3H3,(H,19,20).